The van der Waals surface area contributed by atoms with Crippen LogP contribution in [0.25, 0.3) is 21.9 Å². The number of para-hydroxylation sites is 1. The van der Waals surface area contributed by atoms with Crippen molar-refractivity contribution in [3.05, 3.63) is 64.2 Å². The summed E-state index contributed by atoms with van der Waals surface area (Å²) in [6.07, 6.45) is -1.56. The third kappa shape index (κ3) is 4.02. The molecular weight excluding hydrogens is 445 g/mol. The van der Waals surface area contributed by atoms with E-state index in [2.05, 4.69) is 5.32 Å². The van der Waals surface area contributed by atoms with Crippen molar-refractivity contribution in [1.82, 2.24) is 0 Å². The van der Waals surface area contributed by atoms with Gasteiger partial charge in [0.15, 0.2) is 0 Å². The van der Waals surface area contributed by atoms with Crippen LogP contribution in [0.2, 0.25) is 0 Å². The number of benzene rings is 2. The second-order valence-electron chi connectivity index (χ2n) is 9.01. The molecule has 0 aliphatic carbocycles. The van der Waals surface area contributed by atoms with Crippen LogP contribution >= 0.6 is 0 Å². The molecule has 178 valence electrons. The van der Waals surface area contributed by atoms with E-state index in [1.165, 1.54) is 12.1 Å². The molecule has 2 aromatic heterocycles. The third-order valence-electron chi connectivity index (χ3n) is 6.28. The first kappa shape index (κ1) is 22.4. The van der Waals surface area contributed by atoms with Crippen LogP contribution in [0.5, 0.6) is 0 Å². The Kier molecular flexibility index (Phi) is 5.54. The molecule has 1 aliphatic heterocycles. The molecule has 1 aliphatic rings. The minimum Gasteiger partial charge on any atom is -0.458 e. The summed E-state index contributed by atoms with van der Waals surface area (Å²) in [5, 5.41) is 4.44. The molecule has 5 nitrogen and oxygen atoms in total. The highest BCUT2D eigenvalue weighted by Gasteiger charge is 2.36. The van der Waals surface area contributed by atoms with Crippen molar-refractivity contribution in [1.29, 1.82) is 0 Å². The van der Waals surface area contributed by atoms with Gasteiger partial charge in [0.05, 0.1) is 22.6 Å². The fraction of sp³-hybridized carbons (Fsp3) is 0.346. The molecule has 4 aromatic rings. The Hall–Kier alpha value is -3.42. The average molecular weight is 470 g/mol. The Balaban J connectivity index is 1.72. The zero-order valence-corrected chi connectivity index (χ0v) is 19.0. The molecule has 1 N–H and O–H groups in total. The summed E-state index contributed by atoms with van der Waals surface area (Å²) in [6.45, 7) is 5.26. The van der Waals surface area contributed by atoms with Gasteiger partial charge in [-0.2, -0.15) is 13.2 Å². The van der Waals surface area contributed by atoms with Crippen molar-refractivity contribution < 1.29 is 22.0 Å². The van der Waals surface area contributed by atoms with Crippen LogP contribution in [0, 0.1) is 0 Å². The van der Waals surface area contributed by atoms with Gasteiger partial charge in [0.25, 0.3) is 0 Å². The molecule has 0 spiro atoms. The topological polar surface area (TPSA) is 58.6 Å². The summed E-state index contributed by atoms with van der Waals surface area (Å²) >= 11 is 0. The first-order chi connectivity index (χ1) is 16.2. The smallest absolute Gasteiger partial charge is 0.418 e. The molecule has 5 rings (SSSR count). The van der Waals surface area contributed by atoms with E-state index in [9.17, 15) is 18.0 Å². The highest BCUT2D eigenvalue weighted by atomic mass is 19.4. The third-order valence-corrected chi connectivity index (χ3v) is 6.28. The van der Waals surface area contributed by atoms with Gasteiger partial charge in [-0.3, -0.25) is 0 Å². The lowest BCUT2D eigenvalue weighted by Crippen LogP contribution is -2.30. The molecule has 0 unspecified atom stereocenters. The highest BCUT2D eigenvalue weighted by Crippen LogP contribution is 2.45. The van der Waals surface area contributed by atoms with Gasteiger partial charge in [-0.1, -0.05) is 19.9 Å². The maximum atomic E-state index is 14.1. The number of halogens is 3. The predicted octanol–water partition coefficient (Wildman–Crippen LogP) is 7.42. The van der Waals surface area contributed by atoms with Crippen LogP contribution in [-0.4, -0.2) is 13.1 Å². The van der Waals surface area contributed by atoms with E-state index in [0.29, 0.717) is 52.2 Å². The lowest BCUT2D eigenvalue weighted by Gasteiger charge is -2.32. The van der Waals surface area contributed by atoms with E-state index in [0.717, 1.165) is 25.3 Å². The molecule has 0 bridgehead atoms. The fourth-order valence-corrected chi connectivity index (χ4v) is 4.65. The summed E-state index contributed by atoms with van der Waals surface area (Å²) in [4.78, 5) is 13.7. The summed E-state index contributed by atoms with van der Waals surface area (Å²) in [7, 11) is 0. The van der Waals surface area contributed by atoms with Gasteiger partial charge in [-0.25, -0.2) is 4.79 Å². The van der Waals surface area contributed by atoms with Gasteiger partial charge < -0.3 is 19.1 Å². The zero-order chi connectivity index (χ0) is 24.0. The van der Waals surface area contributed by atoms with Crippen molar-refractivity contribution in [3.63, 3.8) is 0 Å². The normalized spacial score (nSPS) is 14.9. The molecule has 3 heterocycles. The molecule has 2 aromatic carbocycles. The van der Waals surface area contributed by atoms with Gasteiger partial charge in [0.2, 0.25) is 0 Å². The van der Waals surface area contributed by atoms with Crippen molar-refractivity contribution in [3.8, 4) is 0 Å². The number of fused-ring (bicyclic) bond motifs is 2. The first-order valence-corrected chi connectivity index (χ1v) is 11.4. The summed E-state index contributed by atoms with van der Waals surface area (Å²) in [6, 6.07) is 10.7. The summed E-state index contributed by atoms with van der Waals surface area (Å²) in [5.41, 5.74) is 0.662. The number of nitrogens with zero attached hydrogens (tertiary/aromatic N) is 1. The van der Waals surface area contributed by atoms with Crippen LogP contribution < -0.4 is 15.8 Å². The summed E-state index contributed by atoms with van der Waals surface area (Å²) in [5.74, 6) is 0.440. The van der Waals surface area contributed by atoms with Gasteiger partial charge in [-0.05, 0) is 43.5 Å². The first-order valence-electron chi connectivity index (χ1n) is 11.4. The number of piperidine rings is 1. The van der Waals surface area contributed by atoms with Crippen LogP contribution in [0.3, 0.4) is 0 Å². The maximum Gasteiger partial charge on any atom is 0.418 e. The van der Waals surface area contributed by atoms with Crippen LogP contribution in [0.4, 0.5) is 30.2 Å². The van der Waals surface area contributed by atoms with Crippen LogP contribution in [0.1, 0.15) is 50.4 Å². The van der Waals surface area contributed by atoms with Crippen LogP contribution in [0.15, 0.2) is 56.1 Å². The predicted molar refractivity (Wildman–Crippen MR) is 127 cm³/mol. The number of rotatable bonds is 4. The largest absolute Gasteiger partial charge is 0.458 e. The Labute approximate surface area is 194 Å². The van der Waals surface area contributed by atoms with E-state index < -0.39 is 17.4 Å². The number of hydrogen-bond acceptors (Lipinski definition) is 5. The van der Waals surface area contributed by atoms with E-state index >= 15 is 0 Å². The molecule has 0 atom stereocenters. The monoisotopic (exact) mass is 470 g/mol. The Bertz CT molecular complexity index is 1410. The van der Waals surface area contributed by atoms with Gasteiger partial charge in [0, 0.05) is 41.9 Å². The molecule has 1 saturated heterocycles. The van der Waals surface area contributed by atoms with E-state index in [4.69, 9.17) is 8.83 Å². The number of nitrogens with one attached hydrogen (secondary N) is 1. The second-order valence-corrected chi connectivity index (χ2v) is 9.01. The van der Waals surface area contributed by atoms with Gasteiger partial charge >= 0.3 is 11.8 Å². The number of furan rings is 1. The van der Waals surface area contributed by atoms with Crippen molar-refractivity contribution in [2.45, 2.75) is 45.2 Å². The maximum absolute atomic E-state index is 14.1. The lowest BCUT2D eigenvalue weighted by molar-refractivity contribution is -0.136. The highest BCUT2D eigenvalue weighted by molar-refractivity contribution is 6.02. The molecule has 34 heavy (non-hydrogen) atoms. The Morgan fingerprint density at radius 2 is 1.71 bits per heavy atom. The van der Waals surface area contributed by atoms with Crippen LogP contribution in [-0.2, 0) is 6.18 Å². The van der Waals surface area contributed by atoms with E-state index in [1.54, 1.807) is 24.3 Å². The molecule has 0 saturated carbocycles. The van der Waals surface area contributed by atoms with Gasteiger partial charge in [-0.15, -0.1) is 0 Å². The molecular formula is C26H25F3N2O3. The summed E-state index contributed by atoms with van der Waals surface area (Å²) < 4.78 is 53.7. The minimum atomic E-state index is -4.53. The van der Waals surface area contributed by atoms with E-state index in [1.807, 2.05) is 18.7 Å². The molecule has 0 radical (unpaired) electrons. The minimum absolute atomic E-state index is 0.0289. The number of hydrogen-bond donors (Lipinski definition) is 1. The Morgan fingerprint density at radius 3 is 2.41 bits per heavy atom. The lowest BCUT2D eigenvalue weighted by atomic mass is 10.0. The Morgan fingerprint density at radius 1 is 0.941 bits per heavy atom. The molecule has 8 heteroatoms. The molecule has 0 amide bonds. The SMILES string of the molecule is CC(C)c1oc2cc3oc(=O)ccc3cc2c1Nc1c(N2CCCCC2)cccc1C(F)(F)F. The van der Waals surface area contributed by atoms with Gasteiger partial charge in [0.1, 0.15) is 16.9 Å². The van der Waals surface area contributed by atoms with Crippen molar-refractivity contribution in [2.75, 3.05) is 23.3 Å². The quantitative estimate of drug-likeness (QED) is 0.315. The number of anilines is 3. The second kappa shape index (κ2) is 8.42. The van der Waals surface area contributed by atoms with E-state index in [-0.39, 0.29) is 11.6 Å². The average Bonchev–Trinajstić information content (AvgIpc) is 3.15. The number of alkyl halides is 3. The fourth-order valence-electron chi connectivity index (χ4n) is 4.65. The standard InChI is InChI=1S/C26H25F3N2O3/c1-15(2)25-23(17-13-16-9-10-22(32)33-20(16)14-21(17)34-25)30-24-18(26(27,28)29)7-6-8-19(24)31-11-4-3-5-12-31/h6-10,13-15,30H,3-5,11-12H2,1-2H3. The zero-order valence-electron chi connectivity index (χ0n) is 19.0. The van der Waals surface area contributed by atoms with Crippen molar-refractivity contribution >= 4 is 39.0 Å². The van der Waals surface area contributed by atoms with Crippen molar-refractivity contribution in [2.24, 2.45) is 0 Å². The molecule has 1 fully saturated rings.